The maximum Gasteiger partial charge on any atom is 0.265 e. The van der Waals surface area contributed by atoms with Crippen molar-refractivity contribution in [3.05, 3.63) is 48.4 Å². The van der Waals surface area contributed by atoms with Crippen molar-refractivity contribution in [1.29, 1.82) is 0 Å². The highest BCUT2D eigenvalue weighted by atomic mass is 16.3. The van der Waals surface area contributed by atoms with Gasteiger partial charge in [0.05, 0.1) is 18.0 Å². The lowest BCUT2D eigenvalue weighted by Crippen LogP contribution is -2.00. The number of hydrogen-bond acceptors (Lipinski definition) is 6. The van der Waals surface area contributed by atoms with Crippen molar-refractivity contribution >= 4 is 34.2 Å². The molecule has 1 N–H and O–H groups in total. The van der Waals surface area contributed by atoms with E-state index < -0.39 is 0 Å². The molecule has 4 aromatic rings. The Labute approximate surface area is 125 Å². The Morgan fingerprint density at radius 3 is 2.95 bits per heavy atom. The lowest BCUT2D eigenvalue weighted by Gasteiger charge is -1.98. The number of furan rings is 1. The highest BCUT2D eigenvalue weighted by Gasteiger charge is 2.11. The third kappa shape index (κ3) is 1.99. The summed E-state index contributed by atoms with van der Waals surface area (Å²) in [5.74, 6) is 0.979. The van der Waals surface area contributed by atoms with E-state index in [1.54, 1.807) is 24.6 Å². The highest BCUT2D eigenvalue weighted by molar-refractivity contribution is 6.04. The zero-order valence-electron chi connectivity index (χ0n) is 11.8. The number of nitrogens with zero attached hydrogens (tertiary/aromatic N) is 5. The van der Waals surface area contributed by atoms with Crippen LogP contribution in [0, 0.1) is 0 Å². The summed E-state index contributed by atoms with van der Waals surface area (Å²) in [4.78, 5) is 4.46. The van der Waals surface area contributed by atoms with E-state index in [9.17, 15) is 0 Å². The lowest BCUT2D eigenvalue weighted by molar-refractivity contribution is 0.560. The summed E-state index contributed by atoms with van der Waals surface area (Å²) in [5, 5.41) is 13.4. The molecule has 0 aliphatic heterocycles. The molecule has 108 valence electrons. The number of anilines is 1. The Balaban J connectivity index is 1.71. The minimum Gasteiger partial charge on any atom is -0.463 e. The molecule has 3 aromatic heterocycles. The molecule has 0 bridgehead atoms. The number of hydrogen-bond donors (Lipinski definition) is 1. The van der Waals surface area contributed by atoms with Gasteiger partial charge in [-0.3, -0.25) is 0 Å². The fraction of sp³-hybridized carbons (Fsp3) is 0.0667. The van der Waals surface area contributed by atoms with Crippen LogP contribution in [0.25, 0.3) is 22.1 Å². The van der Waals surface area contributed by atoms with E-state index in [2.05, 4.69) is 25.7 Å². The van der Waals surface area contributed by atoms with E-state index in [4.69, 9.17) is 4.42 Å². The van der Waals surface area contributed by atoms with E-state index >= 15 is 0 Å². The summed E-state index contributed by atoms with van der Waals surface area (Å²) in [6.45, 7) is 0. The number of rotatable bonds is 3. The van der Waals surface area contributed by atoms with Gasteiger partial charge < -0.3 is 8.98 Å². The first-order valence-electron chi connectivity index (χ1n) is 6.73. The zero-order chi connectivity index (χ0) is 14.9. The number of aromatic nitrogens is 4. The van der Waals surface area contributed by atoms with Crippen LogP contribution in [0.2, 0.25) is 0 Å². The number of benzene rings is 1. The highest BCUT2D eigenvalue weighted by Crippen LogP contribution is 2.24. The van der Waals surface area contributed by atoms with Gasteiger partial charge in [-0.05, 0) is 18.2 Å². The minimum absolute atomic E-state index is 0.334. The molecule has 0 radical (unpaired) electrons. The van der Waals surface area contributed by atoms with E-state index in [1.807, 2.05) is 35.9 Å². The Bertz CT molecular complexity index is 970. The number of hydrazone groups is 1. The maximum atomic E-state index is 5.15. The first-order chi connectivity index (χ1) is 10.8. The molecule has 22 heavy (non-hydrogen) atoms. The van der Waals surface area contributed by atoms with E-state index in [-0.39, 0.29) is 0 Å². The van der Waals surface area contributed by atoms with Crippen LogP contribution in [-0.4, -0.2) is 26.0 Å². The van der Waals surface area contributed by atoms with Gasteiger partial charge >= 0.3 is 0 Å². The van der Waals surface area contributed by atoms with Crippen molar-refractivity contribution in [1.82, 2.24) is 19.7 Å². The summed E-state index contributed by atoms with van der Waals surface area (Å²) in [6.07, 6.45) is 3.13. The van der Waals surface area contributed by atoms with Gasteiger partial charge in [-0.15, -0.1) is 10.2 Å². The SMILES string of the molecule is Cn1c2ccccc2c2nnc(NN=Cc3ccco3)nc21. The summed E-state index contributed by atoms with van der Waals surface area (Å²) < 4.78 is 7.14. The molecule has 0 saturated carbocycles. The molecule has 0 amide bonds. The minimum atomic E-state index is 0.334. The largest absolute Gasteiger partial charge is 0.463 e. The summed E-state index contributed by atoms with van der Waals surface area (Å²) in [6, 6.07) is 11.6. The van der Waals surface area contributed by atoms with E-state index in [1.165, 1.54) is 0 Å². The van der Waals surface area contributed by atoms with Gasteiger partial charge in [-0.2, -0.15) is 10.1 Å². The third-order valence-electron chi connectivity index (χ3n) is 3.41. The van der Waals surface area contributed by atoms with Crippen molar-refractivity contribution in [3.8, 4) is 0 Å². The predicted molar refractivity (Wildman–Crippen MR) is 83.7 cm³/mol. The molecule has 0 unspecified atom stereocenters. The third-order valence-corrected chi connectivity index (χ3v) is 3.41. The Kier molecular flexibility index (Phi) is 2.82. The maximum absolute atomic E-state index is 5.15. The lowest BCUT2D eigenvalue weighted by atomic mass is 10.2. The Morgan fingerprint density at radius 2 is 2.09 bits per heavy atom. The molecular weight excluding hydrogens is 280 g/mol. The predicted octanol–water partition coefficient (Wildman–Crippen LogP) is 2.56. The van der Waals surface area contributed by atoms with Crippen molar-refractivity contribution in [2.24, 2.45) is 12.1 Å². The average molecular weight is 292 g/mol. The summed E-state index contributed by atoms with van der Waals surface area (Å²) in [7, 11) is 1.95. The Morgan fingerprint density at radius 1 is 1.18 bits per heavy atom. The average Bonchev–Trinajstić information content (AvgIpc) is 3.16. The number of para-hydroxylation sites is 1. The van der Waals surface area contributed by atoms with Crippen molar-refractivity contribution in [3.63, 3.8) is 0 Å². The van der Waals surface area contributed by atoms with Crippen LogP contribution >= 0.6 is 0 Å². The fourth-order valence-electron chi connectivity index (χ4n) is 2.37. The second kappa shape index (κ2) is 4.96. The molecule has 3 heterocycles. The van der Waals surface area contributed by atoms with Gasteiger partial charge in [0.25, 0.3) is 5.95 Å². The van der Waals surface area contributed by atoms with Crippen LogP contribution in [0.1, 0.15) is 5.76 Å². The number of fused-ring (bicyclic) bond motifs is 3. The standard InChI is InChI=1S/C15H12N6O/c1-21-12-7-3-2-6-11(12)13-14(21)17-15(20-18-13)19-16-9-10-5-4-8-22-10/h2-9H,1H3,(H,17,19,20). The molecule has 0 atom stereocenters. The zero-order valence-corrected chi connectivity index (χ0v) is 11.8. The van der Waals surface area contributed by atoms with Gasteiger partial charge in [0.1, 0.15) is 11.3 Å². The first kappa shape index (κ1) is 12.5. The Hall–Kier alpha value is -3.22. The quantitative estimate of drug-likeness (QED) is 0.463. The topological polar surface area (TPSA) is 81.1 Å². The molecule has 7 nitrogen and oxygen atoms in total. The fourth-order valence-corrected chi connectivity index (χ4v) is 2.37. The van der Waals surface area contributed by atoms with Gasteiger partial charge in [-0.1, -0.05) is 18.2 Å². The van der Waals surface area contributed by atoms with E-state index in [0.29, 0.717) is 11.7 Å². The molecule has 1 aromatic carbocycles. The molecule has 0 saturated heterocycles. The van der Waals surface area contributed by atoms with Crippen LogP contribution in [0.5, 0.6) is 0 Å². The first-order valence-corrected chi connectivity index (χ1v) is 6.73. The van der Waals surface area contributed by atoms with Crippen LogP contribution in [0.4, 0.5) is 5.95 Å². The van der Waals surface area contributed by atoms with Crippen LogP contribution in [-0.2, 0) is 7.05 Å². The smallest absolute Gasteiger partial charge is 0.265 e. The normalized spacial score (nSPS) is 11.7. The molecule has 0 aliphatic rings. The molecule has 4 rings (SSSR count). The summed E-state index contributed by atoms with van der Waals surface area (Å²) >= 11 is 0. The van der Waals surface area contributed by atoms with Crippen molar-refractivity contribution < 1.29 is 4.42 Å². The van der Waals surface area contributed by atoms with Crippen LogP contribution in [0.15, 0.2) is 52.2 Å². The van der Waals surface area contributed by atoms with Gasteiger partial charge in [0, 0.05) is 12.4 Å². The monoisotopic (exact) mass is 292 g/mol. The molecule has 0 fully saturated rings. The number of aryl methyl sites for hydroxylation is 1. The van der Waals surface area contributed by atoms with Gasteiger partial charge in [0.2, 0.25) is 0 Å². The molecule has 0 spiro atoms. The molecule has 0 aliphatic carbocycles. The van der Waals surface area contributed by atoms with Gasteiger partial charge in [-0.25, -0.2) is 5.43 Å². The second-order valence-corrected chi connectivity index (χ2v) is 4.77. The van der Waals surface area contributed by atoms with Crippen LogP contribution in [0.3, 0.4) is 0 Å². The summed E-state index contributed by atoms with van der Waals surface area (Å²) in [5.41, 5.74) is 5.36. The number of nitrogens with one attached hydrogen (secondary N) is 1. The molecular formula is C15H12N6O. The molecule has 7 heteroatoms. The van der Waals surface area contributed by atoms with Crippen molar-refractivity contribution in [2.45, 2.75) is 0 Å². The van der Waals surface area contributed by atoms with Gasteiger partial charge in [0.15, 0.2) is 5.65 Å². The second-order valence-electron chi connectivity index (χ2n) is 4.77. The van der Waals surface area contributed by atoms with Crippen molar-refractivity contribution in [2.75, 3.05) is 5.43 Å². The van der Waals surface area contributed by atoms with E-state index in [0.717, 1.165) is 22.1 Å². The van der Waals surface area contributed by atoms with Crippen LogP contribution < -0.4 is 5.43 Å².